The van der Waals surface area contributed by atoms with Gasteiger partial charge < -0.3 is 10.2 Å². The molecule has 0 aliphatic carbocycles. The Morgan fingerprint density at radius 3 is 3.00 bits per heavy atom. The Morgan fingerprint density at radius 2 is 2.36 bits per heavy atom. The molecule has 1 fully saturated rings. The normalized spacial score (nSPS) is 17.7. The summed E-state index contributed by atoms with van der Waals surface area (Å²) in [6.07, 6.45) is 3.56. The quantitative estimate of drug-likeness (QED) is 0.496. The minimum atomic E-state index is -0.422. The van der Waals surface area contributed by atoms with E-state index < -0.39 is 4.92 Å². The summed E-state index contributed by atoms with van der Waals surface area (Å²) in [5, 5.41) is 14.1. The van der Waals surface area contributed by atoms with Gasteiger partial charge in [0.1, 0.15) is 0 Å². The van der Waals surface area contributed by atoms with E-state index in [9.17, 15) is 14.9 Å². The van der Waals surface area contributed by atoms with Crippen molar-refractivity contribution in [1.29, 1.82) is 0 Å². The number of carbonyl (C=O) groups is 1. The van der Waals surface area contributed by atoms with Gasteiger partial charge in [0, 0.05) is 31.8 Å². The van der Waals surface area contributed by atoms with Crippen molar-refractivity contribution in [1.82, 2.24) is 10.2 Å². The Labute approximate surface area is 130 Å². The Morgan fingerprint density at radius 1 is 1.55 bits per heavy atom. The number of benzene rings is 1. The van der Waals surface area contributed by atoms with E-state index in [0.717, 1.165) is 24.9 Å². The first-order valence-corrected chi connectivity index (χ1v) is 7.45. The van der Waals surface area contributed by atoms with E-state index in [1.807, 2.05) is 0 Å². The van der Waals surface area contributed by atoms with Gasteiger partial charge in [-0.2, -0.15) is 0 Å². The van der Waals surface area contributed by atoms with Crippen LogP contribution in [0.5, 0.6) is 0 Å². The van der Waals surface area contributed by atoms with Crippen LogP contribution in [0.2, 0.25) is 0 Å². The molecular formula is C16H21N3O3. The maximum atomic E-state index is 12.6. The molecule has 0 spiro atoms. The summed E-state index contributed by atoms with van der Waals surface area (Å²) < 4.78 is 0. The smallest absolute Gasteiger partial charge is 0.269 e. The average molecular weight is 303 g/mol. The number of hydrogen-bond donors (Lipinski definition) is 1. The highest BCUT2D eigenvalue weighted by Gasteiger charge is 2.25. The lowest BCUT2D eigenvalue weighted by Crippen LogP contribution is -2.42. The van der Waals surface area contributed by atoms with Gasteiger partial charge >= 0.3 is 0 Å². The lowest BCUT2D eigenvalue weighted by atomic mass is 9.98. The number of nitrogens with one attached hydrogen (secondary N) is 1. The number of nitrogens with zero attached hydrogens (tertiary/aromatic N) is 2. The summed E-state index contributed by atoms with van der Waals surface area (Å²) in [7, 11) is 0. The highest BCUT2D eigenvalue weighted by Crippen LogP contribution is 2.18. The molecule has 6 heteroatoms. The maximum Gasteiger partial charge on any atom is 0.269 e. The number of hydrogen-bond acceptors (Lipinski definition) is 4. The van der Waals surface area contributed by atoms with Gasteiger partial charge in [-0.1, -0.05) is 18.2 Å². The first kappa shape index (κ1) is 16.2. The fourth-order valence-corrected chi connectivity index (χ4v) is 2.70. The SMILES string of the molecule is C=CCN(Cc1cccc([N+](=O)[O-])c1)C(=O)C1CCCNC1. The van der Waals surface area contributed by atoms with E-state index in [1.165, 1.54) is 12.1 Å². The maximum absolute atomic E-state index is 12.6. The Balaban J connectivity index is 2.10. The van der Waals surface area contributed by atoms with Gasteiger partial charge in [0.05, 0.1) is 10.8 Å². The zero-order valence-corrected chi connectivity index (χ0v) is 12.5. The van der Waals surface area contributed by atoms with Crippen LogP contribution < -0.4 is 5.32 Å². The highest BCUT2D eigenvalue weighted by molar-refractivity contribution is 5.79. The fourth-order valence-electron chi connectivity index (χ4n) is 2.70. The van der Waals surface area contributed by atoms with E-state index in [2.05, 4.69) is 11.9 Å². The minimum Gasteiger partial charge on any atom is -0.334 e. The molecule has 1 heterocycles. The third-order valence-electron chi connectivity index (χ3n) is 3.80. The highest BCUT2D eigenvalue weighted by atomic mass is 16.6. The van der Waals surface area contributed by atoms with Gasteiger partial charge in [0.25, 0.3) is 5.69 Å². The largest absolute Gasteiger partial charge is 0.334 e. The van der Waals surface area contributed by atoms with Crippen LogP contribution in [0.15, 0.2) is 36.9 Å². The Bertz CT molecular complexity index is 553. The van der Waals surface area contributed by atoms with Crippen LogP contribution in [0.1, 0.15) is 18.4 Å². The first-order chi connectivity index (χ1) is 10.6. The van der Waals surface area contributed by atoms with Crippen molar-refractivity contribution in [2.45, 2.75) is 19.4 Å². The molecule has 1 amide bonds. The molecular weight excluding hydrogens is 282 g/mol. The van der Waals surface area contributed by atoms with Crippen LogP contribution >= 0.6 is 0 Å². The van der Waals surface area contributed by atoms with Crippen LogP contribution in [0.3, 0.4) is 0 Å². The molecule has 1 aliphatic rings. The van der Waals surface area contributed by atoms with Crippen molar-refractivity contribution in [3.8, 4) is 0 Å². The third-order valence-corrected chi connectivity index (χ3v) is 3.80. The molecule has 1 N–H and O–H groups in total. The average Bonchev–Trinajstić information content (AvgIpc) is 2.55. The van der Waals surface area contributed by atoms with E-state index in [4.69, 9.17) is 0 Å². The molecule has 1 aromatic rings. The topological polar surface area (TPSA) is 75.5 Å². The number of rotatable bonds is 6. The van der Waals surface area contributed by atoms with Gasteiger partial charge in [-0.15, -0.1) is 6.58 Å². The van der Waals surface area contributed by atoms with Gasteiger partial charge in [-0.05, 0) is 24.9 Å². The van der Waals surface area contributed by atoms with Gasteiger partial charge in [-0.25, -0.2) is 0 Å². The molecule has 1 saturated heterocycles. The number of nitro groups is 1. The second-order valence-electron chi connectivity index (χ2n) is 5.48. The second kappa shape index (κ2) is 7.70. The molecule has 0 bridgehead atoms. The molecule has 1 unspecified atom stereocenters. The Kier molecular flexibility index (Phi) is 5.66. The molecule has 118 valence electrons. The molecule has 22 heavy (non-hydrogen) atoms. The molecule has 6 nitrogen and oxygen atoms in total. The van der Waals surface area contributed by atoms with Gasteiger partial charge in [0.15, 0.2) is 0 Å². The number of carbonyl (C=O) groups excluding carboxylic acids is 1. The van der Waals surface area contributed by atoms with Gasteiger partial charge in [0.2, 0.25) is 5.91 Å². The molecule has 0 saturated carbocycles. The van der Waals surface area contributed by atoms with Crippen LogP contribution in [0.4, 0.5) is 5.69 Å². The van der Waals surface area contributed by atoms with E-state index in [0.29, 0.717) is 19.6 Å². The summed E-state index contributed by atoms with van der Waals surface area (Å²) in [5.74, 6) is 0.0611. The van der Waals surface area contributed by atoms with Crippen molar-refractivity contribution in [3.63, 3.8) is 0 Å². The summed E-state index contributed by atoms with van der Waals surface area (Å²) in [6.45, 7) is 6.15. The standard InChI is InChI=1S/C16H21N3O3/c1-2-9-18(16(20)14-6-4-8-17-11-14)12-13-5-3-7-15(10-13)19(21)22/h2-3,5,7,10,14,17H,1,4,6,8-9,11-12H2. The summed E-state index contributed by atoms with van der Waals surface area (Å²) in [4.78, 5) is 24.8. The van der Waals surface area contributed by atoms with Crippen LogP contribution in [0.25, 0.3) is 0 Å². The Hall–Kier alpha value is -2.21. The van der Waals surface area contributed by atoms with Crippen LogP contribution in [-0.4, -0.2) is 35.4 Å². The van der Waals surface area contributed by atoms with Gasteiger partial charge in [-0.3, -0.25) is 14.9 Å². The number of piperidine rings is 1. The van der Waals surface area contributed by atoms with E-state index >= 15 is 0 Å². The molecule has 2 rings (SSSR count). The van der Waals surface area contributed by atoms with E-state index in [1.54, 1.807) is 23.1 Å². The van der Waals surface area contributed by atoms with Crippen molar-refractivity contribution in [3.05, 3.63) is 52.6 Å². The second-order valence-corrected chi connectivity index (χ2v) is 5.48. The summed E-state index contributed by atoms with van der Waals surface area (Å²) in [6, 6.07) is 6.42. The molecule has 0 aromatic heterocycles. The van der Waals surface area contributed by atoms with Crippen LogP contribution in [0, 0.1) is 16.0 Å². The zero-order valence-electron chi connectivity index (χ0n) is 12.5. The van der Waals surface area contributed by atoms with Crippen molar-refractivity contribution >= 4 is 11.6 Å². The molecule has 1 aromatic carbocycles. The summed E-state index contributed by atoms with van der Waals surface area (Å²) in [5.41, 5.74) is 0.802. The van der Waals surface area contributed by atoms with Crippen molar-refractivity contribution < 1.29 is 9.72 Å². The zero-order chi connectivity index (χ0) is 15.9. The number of non-ortho nitro benzene ring substituents is 1. The number of amides is 1. The predicted molar refractivity (Wildman–Crippen MR) is 84.3 cm³/mol. The minimum absolute atomic E-state index is 0.0209. The number of nitro benzene ring substituents is 1. The lowest BCUT2D eigenvalue weighted by molar-refractivity contribution is -0.384. The molecule has 1 atom stereocenters. The van der Waals surface area contributed by atoms with Crippen molar-refractivity contribution in [2.24, 2.45) is 5.92 Å². The summed E-state index contributed by atoms with van der Waals surface area (Å²) >= 11 is 0. The predicted octanol–water partition coefficient (Wildman–Crippen LogP) is 2.11. The van der Waals surface area contributed by atoms with Crippen molar-refractivity contribution in [2.75, 3.05) is 19.6 Å². The van der Waals surface area contributed by atoms with E-state index in [-0.39, 0.29) is 17.5 Å². The molecule has 1 aliphatic heterocycles. The monoisotopic (exact) mass is 303 g/mol. The first-order valence-electron chi connectivity index (χ1n) is 7.45. The lowest BCUT2D eigenvalue weighted by Gasteiger charge is -2.29. The fraction of sp³-hybridized carbons (Fsp3) is 0.438. The molecule has 0 radical (unpaired) electrons. The third kappa shape index (κ3) is 4.14. The van der Waals surface area contributed by atoms with Crippen LogP contribution in [-0.2, 0) is 11.3 Å².